The first-order chi connectivity index (χ1) is 9.11. The number of halogens is 3. The highest BCUT2D eigenvalue weighted by Crippen LogP contribution is 2.13. The summed E-state index contributed by atoms with van der Waals surface area (Å²) in [6.07, 6.45) is 1.59. The maximum atomic E-state index is 13.4. The Bertz CT molecular complexity index is 568. The van der Waals surface area contributed by atoms with Crippen LogP contribution in [-0.2, 0) is 19.6 Å². The van der Waals surface area contributed by atoms with Crippen LogP contribution in [0.15, 0.2) is 18.5 Å². The highest BCUT2D eigenvalue weighted by Gasteiger charge is 2.10. The molecule has 0 atom stereocenters. The highest BCUT2D eigenvalue weighted by atomic mass is 19.2. The van der Waals surface area contributed by atoms with Crippen molar-refractivity contribution in [3.05, 3.63) is 47.3 Å². The molecule has 0 aliphatic carbocycles. The van der Waals surface area contributed by atoms with Crippen molar-refractivity contribution in [2.24, 2.45) is 0 Å². The fourth-order valence-corrected chi connectivity index (χ4v) is 1.69. The van der Waals surface area contributed by atoms with Crippen molar-refractivity contribution in [2.45, 2.75) is 26.6 Å². The van der Waals surface area contributed by atoms with Gasteiger partial charge in [0.15, 0.2) is 11.6 Å². The first kappa shape index (κ1) is 13.5. The first-order valence-electron chi connectivity index (χ1n) is 5.82. The van der Waals surface area contributed by atoms with Crippen molar-refractivity contribution in [1.29, 1.82) is 0 Å². The van der Waals surface area contributed by atoms with Gasteiger partial charge in [-0.1, -0.05) is 0 Å². The molecule has 4 nitrogen and oxygen atoms in total. The normalized spacial score (nSPS) is 10.9. The van der Waals surface area contributed by atoms with E-state index in [0.29, 0.717) is 18.4 Å². The van der Waals surface area contributed by atoms with Crippen molar-refractivity contribution < 1.29 is 13.2 Å². The minimum Gasteiger partial charge on any atom is -0.317 e. The largest absolute Gasteiger partial charge is 0.317 e. The van der Waals surface area contributed by atoms with Gasteiger partial charge in [0.1, 0.15) is 18.0 Å². The van der Waals surface area contributed by atoms with Crippen LogP contribution in [0.1, 0.15) is 18.3 Å². The number of benzene rings is 1. The van der Waals surface area contributed by atoms with Crippen LogP contribution in [0.2, 0.25) is 0 Å². The predicted molar refractivity (Wildman–Crippen MR) is 62.6 cm³/mol. The quantitative estimate of drug-likeness (QED) is 0.845. The van der Waals surface area contributed by atoms with Gasteiger partial charge < -0.3 is 9.88 Å². The Balaban J connectivity index is 1.98. The Morgan fingerprint density at radius 1 is 1.11 bits per heavy atom. The zero-order valence-corrected chi connectivity index (χ0v) is 10.3. The van der Waals surface area contributed by atoms with Gasteiger partial charge in [-0.2, -0.15) is 0 Å². The van der Waals surface area contributed by atoms with Crippen LogP contribution in [0.3, 0.4) is 0 Å². The maximum absolute atomic E-state index is 13.4. The number of rotatable bonds is 5. The molecule has 7 heteroatoms. The number of aromatic nitrogens is 3. The van der Waals surface area contributed by atoms with Crippen LogP contribution >= 0.6 is 0 Å². The van der Waals surface area contributed by atoms with E-state index in [1.807, 2.05) is 11.5 Å². The lowest BCUT2D eigenvalue weighted by Gasteiger charge is -2.07. The van der Waals surface area contributed by atoms with E-state index in [0.717, 1.165) is 12.6 Å². The molecule has 0 saturated heterocycles. The fourth-order valence-electron chi connectivity index (χ4n) is 1.69. The van der Waals surface area contributed by atoms with Crippen molar-refractivity contribution in [3.63, 3.8) is 0 Å². The average molecular weight is 270 g/mol. The fraction of sp³-hybridized carbons (Fsp3) is 0.333. The molecule has 102 valence electrons. The van der Waals surface area contributed by atoms with Crippen LogP contribution in [0.5, 0.6) is 0 Å². The zero-order valence-electron chi connectivity index (χ0n) is 10.3. The minimum atomic E-state index is -1.19. The molecule has 0 radical (unpaired) electrons. The van der Waals surface area contributed by atoms with Crippen molar-refractivity contribution in [3.8, 4) is 0 Å². The molecule has 0 aliphatic heterocycles. The summed E-state index contributed by atoms with van der Waals surface area (Å²) in [6.45, 7) is 3.12. The molecular formula is C12H13F3N4. The van der Waals surface area contributed by atoms with Crippen LogP contribution in [0.4, 0.5) is 13.2 Å². The van der Waals surface area contributed by atoms with Crippen LogP contribution in [-0.4, -0.2) is 14.8 Å². The summed E-state index contributed by atoms with van der Waals surface area (Å²) in [5.74, 6) is -2.32. The molecule has 2 aromatic rings. The Hall–Kier alpha value is -1.89. The van der Waals surface area contributed by atoms with Crippen molar-refractivity contribution in [2.75, 3.05) is 0 Å². The van der Waals surface area contributed by atoms with Gasteiger partial charge in [-0.3, -0.25) is 0 Å². The summed E-state index contributed by atoms with van der Waals surface area (Å²) in [5.41, 5.74) is 0.0708. The summed E-state index contributed by atoms with van der Waals surface area (Å²) in [7, 11) is 0. The maximum Gasteiger partial charge on any atom is 0.161 e. The Morgan fingerprint density at radius 2 is 1.84 bits per heavy atom. The van der Waals surface area contributed by atoms with Gasteiger partial charge in [0, 0.05) is 24.7 Å². The molecule has 1 aromatic heterocycles. The topological polar surface area (TPSA) is 42.7 Å². The molecule has 1 N–H and O–H groups in total. The van der Waals surface area contributed by atoms with E-state index in [9.17, 15) is 13.2 Å². The van der Waals surface area contributed by atoms with Crippen LogP contribution in [0.25, 0.3) is 0 Å². The van der Waals surface area contributed by atoms with Crippen LogP contribution < -0.4 is 5.32 Å². The Morgan fingerprint density at radius 3 is 2.58 bits per heavy atom. The van der Waals surface area contributed by atoms with Gasteiger partial charge in [0.2, 0.25) is 0 Å². The molecular weight excluding hydrogens is 257 g/mol. The standard InChI is InChI=1S/C12H13F3N4/c1-2-19-7-17-18-12(19)6-16-5-8-3-10(14)11(15)4-9(8)13/h3-4,7,16H,2,5-6H2,1H3. The number of aryl methyl sites for hydroxylation is 1. The molecule has 2 rings (SSSR count). The zero-order chi connectivity index (χ0) is 13.8. The lowest BCUT2D eigenvalue weighted by atomic mass is 10.2. The lowest BCUT2D eigenvalue weighted by molar-refractivity contribution is 0.486. The van der Waals surface area contributed by atoms with Gasteiger partial charge in [-0.15, -0.1) is 10.2 Å². The van der Waals surface area contributed by atoms with E-state index in [2.05, 4.69) is 15.5 Å². The predicted octanol–water partition coefficient (Wildman–Crippen LogP) is 2.01. The van der Waals surface area contributed by atoms with E-state index in [4.69, 9.17) is 0 Å². The van der Waals surface area contributed by atoms with E-state index >= 15 is 0 Å². The second-order valence-corrected chi connectivity index (χ2v) is 3.99. The third-order valence-electron chi connectivity index (χ3n) is 2.72. The summed E-state index contributed by atoms with van der Waals surface area (Å²) < 4.78 is 40.9. The second kappa shape index (κ2) is 5.83. The second-order valence-electron chi connectivity index (χ2n) is 3.99. The molecule has 0 aliphatic rings. The summed E-state index contributed by atoms with van der Waals surface area (Å²) in [6, 6.07) is 1.39. The molecule has 0 saturated carbocycles. The first-order valence-corrected chi connectivity index (χ1v) is 5.82. The van der Waals surface area contributed by atoms with Crippen molar-refractivity contribution in [1.82, 2.24) is 20.1 Å². The van der Waals surface area contributed by atoms with E-state index in [-0.39, 0.29) is 12.1 Å². The van der Waals surface area contributed by atoms with Gasteiger partial charge in [-0.05, 0) is 13.0 Å². The van der Waals surface area contributed by atoms with Gasteiger partial charge in [0.05, 0.1) is 6.54 Å². The summed E-state index contributed by atoms with van der Waals surface area (Å²) in [5, 5.41) is 10.6. The number of nitrogens with zero attached hydrogens (tertiary/aromatic N) is 3. The smallest absolute Gasteiger partial charge is 0.161 e. The van der Waals surface area contributed by atoms with E-state index < -0.39 is 17.5 Å². The third-order valence-corrected chi connectivity index (χ3v) is 2.72. The number of nitrogens with one attached hydrogen (secondary N) is 1. The summed E-state index contributed by atoms with van der Waals surface area (Å²) >= 11 is 0. The molecule has 1 aromatic carbocycles. The third kappa shape index (κ3) is 3.11. The average Bonchev–Trinajstić information content (AvgIpc) is 2.83. The molecule has 0 fully saturated rings. The van der Waals surface area contributed by atoms with Crippen molar-refractivity contribution >= 4 is 0 Å². The highest BCUT2D eigenvalue weighted by molar-refractivity contribution is 5.19. The van der Waals surface area contributed by atoms with Gasteiger partial charge >= 0.3 is 0 Å². The lowest BCUT2D eigenvalue weighted by Crippen LogP contribution is -2.17. The minimum absolute atomic E-state index is 0.0708. The van der Waals surface area contributed by atoms with E-state index in [1.165, 1.54) is 0 Å². The molecule has 0 amide bonds. The number of hydrogen-bond donors (Lipinski definition) is 1. The van der Waals surface area contributed by atoms with Crippen LogP contribution in [0, 0.1) is 17.5 Å². The molecule has 1 heterocycles. The Kier molecular flexibility index (Phi) is 4.16. The monoisotopic (exact) mass is 270 g/mol. The van der Waals surface area contributed by atoms with E-state index in [1.54, 1.807) is 6.33 Å². The summed E-state index contributed by atoms with van der Waals surface area (Å²) in [4.78, 5) is 0. The molecule has 0 bridgehead atoms. The van der Waals surface area contributed by atoms with Gasteiger partial charge in [0.25, 0.3) is 0 Å². The molecule has 0 spiro atoms. The molecule has 19 heavy (non-hydrogen) atoms. The number of hydrogen-bond acceptors (Lipinski definition) is 3. The Labute approximate surface area is 108 Å². The van der Waals surface area contributed by atoms with Gasteiger partial charge in [-0.25, -0.2) is 13.2 Å². The SMILES string of the molecule is CCn1cnnc1CNCc1cc(F)c(F)cc1F. The molecule has 0 unspecified atom stereocenters.